The number of carboxylic acid groups (broad SMARTS) is 1. The molecule has 0 aliphatic heterocycles. The van der Waals surface area contributed by atoms with E-state index in [0.717, 1.165) is 5.56 Å². The first kappa shape index (κ1) is 15.9. The third-order valence-corrected chi connectivity index (χ3v) is 4.31. The Morgan fingerprint density at radius 1 is 1.14 bits per heavy atom. The monoisotopic (exact) mass is 327 g/mol. The molecule has 0 spiro atoms. The Morgan fingerprint density at radius 3 is 2.38 bits per heavy atom. The van der Waals surface area contributed by atoms with Crippen molar-refractivity contribution in [2.45, 2.75) is 19.8 Å². The lowest BCUT2D eigenvalue weighted by Crippen LogP contribution is -2.34. The highest BCUT2D eigenvalue weighted by Gasteiger charge is 2.34. The van der Waals surface area contributed by atoms with Crippen LogP contribution in [0.1, 0.15) is 18.4 Å². The fraction of sp³-hybridized carbons (Fsp3) is 0.333. The van der Waals surface area contributed by atoms with E-state index >= 15 is 0 Å². The van der Waals surface area contributed by atoms with Crippen molar-refractivity contribution in [1.29, 1.82) is 0 Å². The number of amides is 1. The molecule has 0 saturated heterocycles. The molecule has 2 rings (SSSR count). The van der Waals surface area contributed by atoms with Gasteiger partial charge in [0.25, 0.3) is 0 Å². The molecule has 1 aromatic carbocycles. The number of aliphatic carboxylic acids is 1. The van der Waals surface area contributed by atoms with Gasteiger partial charge in [-0.3, -0.25) is 9.59 Å². The second-order valence-electron chi connectivity index (χ2n) is 5.06. The number of nitrogens with one attached hydrogen (secondary N) is 1. The lowest BCUT2D eigenvalue weighted by molar-refractivity contribution is -0.146. The molecular weight excluding hydrogens is 313 g/mol. The summed E-state index contributed by atoms with van der Waals surface area (Å²) in [7, 11) is 0. The molecule has 0 bridgehead atoms. The van der Waals surface area contributed by atoms with Crippen molar-refractivity contribution >= 4 is 40.8 Å². The smallest absolute Gasteiger partial charge is 0.307 e. The van der Waals surface area contributed by atoms with Crippen LogP contribution in [-0.2, 0) is 9.59 Å². The molecule has 4 nitrogen and oxygen atoms in total. The number of benzene rings is 1. The average molecular weight is 328 g/mol. The lowest BCUT2D eigenvalue weighted by Gasteiger charge is -2.24. The molecule has 1 aliphatic carbocycles. The summed E-state index contributed by atoms with van der Waals surface area (Å²) in [6.07, 6.45) is 4.38. The highest BCUT2D eigenvalue weighted by Crippen LogP contribution is 2.31. The van der Waals surface area contributed by atoms with Gasteiger partial charge in [0.2, 0.25) is 5.91 Å². The number of halogens is 2. The summed E-state index contributed by atoms with van der Waals surface area (Å²) < 4.78 is 0. The predicted molar refractivity (Wildman–Crippen MR) is 82.8 cm³/mol. The Hall–Kier alpha value is -1.52. The van der Waals surface area contributed by atoms with Crippen molar-refractivity contribution in [2.75, 3.05) is 5.32 Å². The van der Waals surface area contributed by atoms with E-state index in [9.17, 15) is 14.7 Å². The third-order valence-electron chi connectivity index (χ3n) is 3.59. The standard InChI is InChI=1S/C15H15Cl2NO3/c1-8-6-12(17)13(7-11(8)16)18-14(19)9-4-2-3-5-10(9)15(20)21/h2-3,6-7,9-10H,4-5H2,1H3,(H,18,19)(H,20,21). The largest absolute Gasteiger partial charge is 0.481 e. The summed E-state index contributed by atoms with van der Waals surface area (Å²) in [6, 6.07) is 3.24. The molecule has 0 heterocycles. The number of hydrogen-bond donors (Lipinski definition) is 2. The van der Waals surface area contributed by atoms with Gasteiger partial charge in [-0.25, -0.2) is 0 Å². The second kappa shape index (κ2) is 6.50. The summed E-state index contributed by atoms with van der Waals surface area (Å²) in [5, 5.41) is 12.7. The summed E-state index contributed by atoms with van der Waals surface area (Å²) in [6.45, 7) is 1.81. The number of rotatable bonds is 3. The van der Waals surface area contributed by atoms with E-state index in [1.54, 1.807) is 18.2 Å². The van der Waals surface area contributed by atoms with Gasteiger partial charge in [-0.1, -0.05) is 35.4 Å². The zero-order chi connectivity index (χ0) is 15.6. The van der Waals surface area contributed by atoms with Gasteiger partial charge in [0.05, 0.1) is 22.5 Å². The first-order chi connectivity index (χ1) is 9.90. The van der Waals surface area contributed by atoms with Gasteiger partial charge in [0.15, 0.2) is 0 Å². The molecule has 0 fully saturated rings. The number of aryl methyl sites for hydroxylation is 1. The maximum Gasteiger partial charge on any atom is 0.307 e. The van der Waals surface area contributed by atoms with Crippen molar-refractivity contribution in [3.63, 3.8) is 0 Å². The highest BCUT2D eigenvalue weighted by molar-refractivity contribution is 6.36. The number of carboxylic acids is 1. The predicted octanol–water partition coefficient (Wildman–Crippen LogP) is 3.91. The quantitative estimate of drug-likeness (QED) is 0.827. The van der Waals surface area contributed by atoms with E-state index < -0.39 is 17.8 Å². The van der Waals surface area contributed by atoms with Crippen molar-refractivity contribution in [2.24, 2.45) is 11.8 Å². The van der Waals surface area contributed by atoms with Gasteiger partial charge in [-0.2, -0.15) is 0 Å². The number of hydrogen-bond acceptors (Lipinski definition) is 2. The number of carbonyl (C=O) groups excluding carboxylic acids is 1. The molecule has 0 saturated carbocycles. The molecule has 2 unspecified atom stereocenters. The molecule has 6 heteroatoms. The topological polar surface area (TPSA) is 66.4 Å². The zero-order valence-corrected chi connectivity index (χ0v) is 12.9. The van der Waals surface area contributed by atoms with Gasteiger partial charge >= 0.3 is 5.97 Å². The third kappa shape index (κ3) is 3.57. The van der Waals surface area contributed by atoms with Crippen molar-refractivity contribution in [3.8, 4) is 0 Å². The van der Waals surface area contributed by atoms with E-state index in [1.165, 1.54) is 0 Å². The molecule has 1 aromatic rings. The molecule has 112 valence electrons. The van der Waals surface area contributed by atoms with Crippen LogP contribution in [0.15, 0.2) is 24.3 Å². The van der Waals surface area contributed by atoms with Crippen LogP contribution in [0.3, 0.4) is 0 Å². The Kier molecular flexibility index (Phi) is 4.91. The van der Waals surface area contributed by atoms with E-state index in [4.69, 9.17) is 23.2 Å². The fourth-order valence-electron chi connectivity index (χ4n) is 2.34. The van der Waals surface area contributed by atoms with Gasteiger partial charge in [-0.05, 0) is 37.5 Å². The van der Waals surface area contributed by atoms with Gasteiger partial charge in [0, 0.05) is 5.02 Å². The normalized spacial score (nSPS) is 21.1. The molecular formula is C15H15Cl2NO3. The summed E-state index contributed by atoms with van der Waals surface area (Å²) in [5.41, 5.74) is 1.21. The fourth-order valence-corrected chi connectivity index (χ4v) is 2.77. The Labute approximate surface area is 132 Å². The van der Waals surface area contributed by atoms with Crippen molar-refractivity contribution in [1.82, 2.24) is 0 Å². The van der Waals surface area contributed by atoms with Gasteiger partial charge in [-0.15, -0.1) is 0 Å². The number of carbonyl (C=O) groups is 2. The molecule has 1 amide bonds. The minimum absolute atomic E-state index is 0.353. The van der Waals surface area contributed by atoms with Crippen molar-refractivity contribution < 1.29 is 14.7 Å². The number of allylic oxidation sites excluding steroid dienone is 2. The first-order valence-corrected chi connectivity index (χ1v) is 7.30. The molecule has 2 N–H and O–H groups in total. The summed E-state index contributed by atoms with van der Waals surface area (Å²) in [5.74, 6) is -2.64. The van der Waals surface area contributed by atoms with Crippen LogP contribution in [0.25, 0.3) is 0 Å². The lowest BCUT2D eigenvalue weighted by atomic mass is 9.82. The highest BCUT2D eigenvalue weighted by atomic mass is 35.5. The van der Waals surface area contributed by atoms with E-state index in [0.29, 0.717) is 28.6 Å². The van der Waals surface area contributed by atoms with Crippen LogP contribution in [0.4, 0.5) is 5.69 Å². The molecule has 2 atom stereocenters. The van der Waals surface area contributed by atoms with Crippen LogP contribution in [-0.4, -0.2) is 17.0 Å². The van der Waals surface area contributed by atoms with Crippen LogP contribution >= 0.6 is 23.2 Å². The second-order valence-corrected chi connectivity index (χ2v) is 5.88. The van der Waals surface area contributed by atoms with Crippen molar-refractivity contribution in [3.05, 3.63) is 39.9 Å². The van der Waals surface area contributed by atoms with Gasteiger partial charge < -0.3 is 10.4 Å². The average Bonchev–Trinajstić information content (AvgIpc) is 2.44. The van der Waals surface area contributed by atoms with Crippen LogP contribution in [0, 0.1) is 18.8 Å². The number of anilines is 1. The Balaban J connectivity index is 2.19. The molecule has 0 aromatic heterocycles. The minimum Gasteiger partial charge on any atom is -0.481 e. The zero-order valence-electron chi connectivity index (χ0n) is 11.4. The molecule has 0 radical (unpaired) electrons. The summed E-state index contributed by atoms with van der Waals surface area (Å²) >= 11 is 12.1. The first-order valence-electron chi connectivity index (χ1n) is 6.54. The summed E-state index contributed by atoms with van der Waals surface area (Å²) in [4.78, 5) is 23.5. The van der Waals surface area contributed by atoms with Crippen LogP contribution < -0.4 is 5.32 Å². The van der Waals surface area contributed by atoms with Gasteiger partial charge in [0.1, 0.15) is 0 Å². The van der Waals surface area contributed by atoms with E-state index in [2.05, 4.69) is 5.32 Å². The SMILES string of the molecule is Cc1cc(Cl)c(NC(=O)C2CC=CCC2C(=O)O)cc1Cl. The van der Waals surface area contributed by atoms with E-state index in [1.807, 2.05) is 13.0 Å². The molecule has 21 heavy (non-hydrogen) atoms. The maximum atomic E-state index is 12.3. The van der Waals surface area contributed by atoms with Crippen LogP contribution in [0.5, 0.6) is 0 Å². The maximum absolute atomic E-state index is 12.3. The minimum atomic E-state index is -0.965. The molecule has 1 aliphatic rings. The van der Waals surface area contributed by atoms with E-state index in [-0.39, 0.29) is 5.91 Å². The Bertz CT molecular complexity index is 613. The Morgan fingerprint density at radius 2 is 1.76 bits per heavy atom. The van der Waals surface area contributed by atoms with Crippen LogP contribution in [0.2, 0.25) is 10.0 Å².